The van der Waals surface area contributed by atoms with Crippen LogP contribution in [0.5, 0.6) is 0 Å². The van der Waals surface area contributed by atoms with Gasteiger partial charge >= 0.3 is 12.4 Å². The van der Waals surface area contributed by atoms with Crippen LogP contribution in [-0.2, 0) is 9.59 Å². The van der Waals surface area contributed by atoms with Gasteiger partial charge in [-0.05, 0) is 25.7 Å². The Bertz CT molecular complexity index is 370. The molecule has 0 aromatic rings. The van der Waals surface area contributed by atoms with E-state index in [2.05, 4.69) is 0 Å². The first-order chi connectivity index (χ1) is 8.53. The van der Waals surface area contributed by atoms with E-state index in [-0.39, 0.29) is 12.0 Å². The smallest absolute Gasteiger partial charge is 0.284 e. The Kier molecular flexibility index (Phi) is 4.42. The minimum Gasteiger partial charge on any atom is -0.284 e. The lowest BCUT2D eigenvalue weighted by Crippen LogP contribution is -2.35. The molecular formula is C11H5F6O2. The Hall–Kier alpha value is -1.34. The zero-order valence-electron chi connectivity index (χ0n) is 8.97. The average molecular weight is 283 g/mol. The number of hydrogen-bond acceptors (Lipinski definition) is 2. The minimum absolute atomic E-state index is 0.106. The van der Waals surface area contributed by atoms with Crippen molar-refractivity contribution in [2.24, 2.45) is 0 Å². The van der Waals surface area contributed by atoms with E-state index < -0.39 is 29.5 Å². The van der Waals surface area contributed by atoms with Crippen molar-refractivity contribution in [2.45, 2.75) is 12.4 Å². The molecule has 0 unspecified atom stereocenters. The molecule has 2 nitrogen and oxygen atoms in total. The first kappa shape index (κ1) is 15.7. The maximum Gasteiger partial charge on any atom is 0.454 e. The second kappa shape index (κ2) is 5.34. The highest BCUT2D eigenvalue weighted by Gasteiger charge is 2.50. The average Bonchev–Trinajstić information content (AvgIpc) is 2.74. The van der Waals surface area contributed by atoms with E-state index >= 15 is 0 Å². The molecule has 1 rings (SSSR count). The number of ketones is 2. The largest absolute Gasteiger partial charge is 0.454 e. The number of allylic oxidation sites excluding steroid dienone is 2. The van der Waals surface area contributed by atoms with E-state index in [1.54, 1.807) is 0 Å². The topological polar surface area (TPSA) is 34.1 Å². The second-order valence-corrected chi connectivity index (χ2v) is 3.43. The summed E-state index contributed by atoms with van der Waals surface area (Å²) in [7, 11) is 0. The van der Waals surface area contributed by atoms with Crippen molar-refractivity contribution in [3.8, 4) is 0 Å². The highest BCUT2D eigenvalue weighted by atomic mass is 19.4. The molecule has 0 amide bonds. The second-order valence-electron chi connectivity index (χ2n) is 3.43. The predicted octanol–water partition coefficient (Wildman–Crippen LogP) is 2.58. The zero-order chi connectivity index (χ0) is 14.8. The number of carbonyl (C=O) groups is 2. The van der Waals surface area contributed by atoms with Gasteiger partial charge in [0.15, 0.2) is 0 Å². The SMILES string of the molecule is O=C(C(=C[C]1[CH][CH][CH][CH]1)C(=O)C(F)(F)F)C(F)(F)F. The summed E-state index contributed by atoms with van der Waals surface area (Å²) in [5, 5.41) is 0. The lowest BCUT2D eigenvalue weighted by molar-refractivity contribution is -0.175. The van der Waals surface area contributed by atoms with E-state index in [0.717, 1.165) is 12.8 Å². The maximum absolute atomic E-state index is 12.2. The fourth-order valence-electron chi connectivity index (χ4n) is 1.19. The Labute approximate surface area is 104 Å². The summed E-state index contributed by atoms with van der Waals surface area (Å²) < 4.78 is 73.0. The van der Waals surface area contributed by atoms with Gasteiger partial charge in [-0.1, -0.05) is 6.08 Å². The molecule has 0 heterocycles. The third kappa shape index (κ3) is 4.07. The van der Waals surface area contributed by atoms with Gasteiger partial charge in [-0.25, -0.2) is 0 Å². The van der Waals surface area contributed by atoms with Crippen molar-refractivity contribution in [3.63, 3.8) is 0 Å². The van der Waals surface area contributed by atoms with Crippen LogP contribution in [0, 0.1) is 31.6 Å². The molecule has 1 fully saturated rings. The summed E-state index contributed by atoms with van der Waals surface area (Å²) in [6.45, 7) is 0. The molecule has 0 saturated heterocycles. The first-order valence-electron chi connectivity index (χ1n) is 4.70. The van der Waals surface area contributed by atoms with Crippen LogP contribution < -0.4 is 0 Å². The minimum atomic E-state index is -5.56. The Morgan fingerprint density at radius 1 is 0.842 bits per heavy atom. The molecule has 8 heteroatoms. The number of halogens is 6. The molecule has 0 atom stereocenters. The molecule has 1 saturated carbocycles. The number of Topliss-reactive ketones (excluding diaryl/α,β-unsaturated/α-hetero) is 2. The molecular weight excluding hydrogens is 278 g/mol. The summed E-state index contributed by atoms with van der Waals surface area (Å²) in [6.07, 6.45) is -5.86. The van der Waals surface area contributed by atoms with Crippen molar-refractivity contribution >= 4 is 11.6 Å². The molecule has 0 spiro atoms. The molecule has 103 valence electrons. The van der Waals surface area contributed by atoms with Gasteiger partial charge in [0.1, 0.15) is 0 Å². The number of hydrogen-bond donors (Lipinski definition) is 0. The van der Waals surface area contributed by atoms with Gasteiger partial charge in [0.2, 0.25) is 0 Å². The van der Waals surface area contributed by atoms with Crippen LogP contribution in [0.15, 0.2) is 11.6 Å². The van der Waals surface area contributed by atoms with Crippen LogP contribution in [0.25, 0.3) is 0 Å². The molecule has 1 aliphatic rings. The predicted molar refractivity (Wildman–Crippen MR) is 50.6 cm³/mol. The zero-order valence-corrected chi connectivity index (χ0v) is 8.97. The summed E-state index contributed by atoms with van der Waals surface area (Å²) in [6, 6.07) is 0. The van der Waals surface area contributed by atoms with Crippen LogP contribution in [0.1, 0.15) is 0 Å². The molecule has 0 N–H and O–H groups in total. The fraction of sp³-hybridized carbons (Fsp3) is 0.182. The van der Waals surface area contributed by atoms with Crippen LogP contribution in [0.3, 0.4) is 0 Å². The van der Waals surface area contributed by atoms with Crippen molar-refractivity contribution in [2.75, 3.05) is 0 Å². The van der Waals surface area contributed by atoms with Gasteiger partial charge < -0.3 is 0 Å². The van der Waals surface area contributed by atoms with Gasteiger partial charge in [0, 0.05) is 5.92 Å². The van der Waals surface area contributed by atoms with E-state index in [9.17, 15) is 35.9 Å². The maximum atomic E-state index is 12.2. The quantitative estimate of drug-likeness (QED) is 0.345. The van der Waals surface area contributed by atoms with Crippen molar-refractivity contribution in [3.05, 3.63) is 43.3 Å². The van der Waals surface area contributed by atoms with Crippen LogP contribution in [0.4, 0.5) is 26.3 Å². The molecule has 5 radical (unpaired) electrons. The van der Waals surface area contributed by atoms with Crippen LogP contribution in [0.2, 0.25) is 0 Å². The lowest BCUT2D eigenvalue weighted by atomic mass is 9.98. The van der Waals surface area contributed by atoms with E-state index in [0.29, 0.717) is 0 Å². The summed E-state index contributed by atoms with van der Waals surface area (Å²) >= 11 is 0. The van der Waals surface area contributed by atoms with Gasteiger partial charge in [0.05, 0.1) is 5.57 Å². The number of carbonyl (C=O) groups excluding carboxylic acids is 2. The van der Waals surface area contributed by atoms with E-state index in [1.165, 1.54) is 12.8 Å². The molecule has 1 aliphatic carbocycles. The van der Waals surface area contributed by atoms with E-state index in [1.807, 2.05) is 0 Å². The number of rotatable bonds is 3. The van der Waals surface area contributed by atoms with Crippen molar-refractivity contribution < 1.29 is 35.9 Å². The van der Waals surface area contributed by atoms with Crippen LogP contribution >= 0.6 is 0 Å². The van der Waals surface area contributed by atoms with Crippen molar-refractivity contribution in [1.29, 1.82) is 0 Å². The monoisotopic (exact) mass is 283 g/mol. The normalized spacial score (nSPS) is 17.4. The van der Waals surface area contributed by atoms with E-state index in [4.69, 9.17) is 0 Å². The Morgan fingerprint density at radius 3 is 1.53 bits per heavy atom. The molecule has 0 aromatic heterocycles. The van der Waals surface area contributed by atoms with Gasteiger partial charge in [-0.15, -0.1) is 0 Å². The molecule has 19 heavy (non-hydrogen) atoms. The van der Waals surface area contributed by atoms with Crippen LogP contribution in [-0.4, -0.2) is 23.9 Å². The Morgan fingerprint density at radius 2 is 1.21 bits per heavy atom. The highest BCUT2D eigenvalue weighted by Crippen LogP contribution is 2.31. The first-order valence-corrected chi connectivity index (χ1v) is 4.70. The fourth-order valence-corrected chi connectivity index (χ4v) is 1.19. The lowest BCUT2D eigenvalue weighted by Gasteiger charge is -2.12. The van der Waals surface area contributed by atoms with Gasteiger partial charge in [-0.3, -0.25) is 9.59 Å². The van der Waals surface area contributed by atoms with Gasteiger partial charge in [-0.2, -0.15) is 26.3 Å². The number of alkyl halides is 6. The molecule has 0 bridgehead atoms. The summed E-state index contributed by atoms with van der Waals surface area (Å²) in [5.41, 5.74) is -1.95. The highest BCUT2D eigenvalue weighted by molar-refractivity contribution is 6.24. The standard InChI is InChI=1S/C11H5F6O2/c12-10(13,14)8(18)7(9(19)11(15,16)17)5-6-3-1-2-4-6/h1-5H. The van der Waals surface area contributed by atoms with Gasteiger partial charge in [0.25, 0.3) is 11.6 Å². The molecule has 0 aromatic carbocycles. The Balaban J connectivity index is 3.11. The summed E-state index contributed by atoms with van der Waals surface area (Å²) in [4.78, 5) is 21.7. The van der Waals surface area contributed by atoms with Crippen molar-refractivity contribution in [1.82, 2.24) is 0 Å². The summed E-state index contributed by atoms with van der Waals surface area (Å²) in [5.74, 6) is -5.75. The molecule has 0 aliphatic heterocycles. The third-order valence-corrected chi connectivity index (χ3v) is 2.00. The third-order valence-electron chi connectivity index (χ3n) is 2.00.